The zero-order valence-corrected chi connectivity index (χ0v) is 11.4. The summed E-state index contributed by atoms with van der Waals surface area (Å²) < 4.78 is 13.6. The molecule has 3 heteroatoms. The Bertz CT molecular complexity index is 392. The maximum atomic E-state index is 13.6. The van der Waals surface area contributed by atoms with Crippen LogP contribution in [0, 0.1) is 11.7 Å². The van der Waals surface area contributed by atoms with Crippen molar-refractivity contribution in [3.05, 3.63) is 29.6 Å². The van der Waals surface area contributed by atoms with Crippen LogP contribution in [0.1, 0.15) is 31.7 Å². The van der Waals surface area contributed by atoms with Crippen LogP contribution in [0.3, 0.4) is 0 Å². The van der Waals surface area contributed by atoms with Gasteiger partial charge in [0.25, 0.3) is 0 Å². The Morgan fingerprint density at radius 3 is 2.94 bits per heavy atom. The van der Waals surface area contributed by atoms with E-state index in [-0.39, 0.29) is 5.82 Å². The van der Waals surface area contributed by atoms with Crippen LogP contribution in [0.4, 0.5) is 10.1 Å². The van der Waals surface area contributed by atoms with Crippen molar-refractivity contribution in [3.63, 3.8) is 0 Å². The van der Waals surface area contributed by atoms with E-state index >= 15 is 0 Å². The zero-order chi connectivity index (χ0) is 13.0. The Labute approximate surface area is 109 Å². The molecule has 1 saturated heterocycles. The van der Waals surface area contributed by atoms with Crippen LogP contribution in [0.25, 0.3) is 0 Å². The molecular formula is C15H23FN2. The van der Waals surface area contributed by atoms with Gasteiger partial charge in [0, 0.05) is 25.3 Å². The second-order valence-electron chi connectivity index (χ2n) is 5.21. The number of benzene rings is 1. The number of nitrogens with one attached hydrogen (secondary N) is 1. The third-order valence-electron chi connectivity index (χ3n) is 3.78. The van der Waals surface area contributed by atoms with Crippen molar-refractivity contribution in [3.8, 4) is 0 Å². The van der Waals surface area contributed by atoms with E-state index in [1.54, 1.807) is 12.1 Å². The summed E-state index contributed by atoms with van der Waals surface area (Å²) in [7, 11) is 1.89. The molecule has 1 aliphatic rings. The van der Waals surface area contributed by atoms with Crippen LogP contribution >= 0.6 is 0 Å². The zero-order valence-electron chi connectivity index (χ0n) is 11.4. The van der Waals surface area contributed by atoms with Crippen LogP contribution < -0.4 is 10.2 Å². The van der Waals surface area contributed by atoms with Gasteiger partial charge in [-0.1, -0.05) is 13.3 Å². The number of hydrogen-bond acceptors (Lipinski definition) is 2. The third kappa shape index (κ3) is 3.22. The minimum Gasteiger partial charge on any atom is -0.371 e. The maximum Gasteiger partial charge on any atom is 0.125 e. The molecule has 2 rings (SSSR count). The summed E-state index contributed by atoms with van der Waals surface area (Å²) in [6.45, 7) is 5.08. The molecule has 1 N–H and O–H groups in total. The molecular weight excluding hydrogens is 227 g/mol. The molecule has 1 heterocycles. The molecule has 0 bridgehead atoms. The van der Waals surface area contributed by atoms with Crippen LogP contribution in [0.2, 0.25) is 0 Å². The number of anilines is 1. The minimum atomic E-state index is -0.128. The largest absolute Gasteiger partial charge is 0.371 e. The lowest BCUT2D eigenvalue weighted by atomic mass is 9.95. The van der Waals surface area contributed by atoms with E-state index in [1.807, 2.05) is 7.05 Å². The monoisotopic (exact) mass is 250 g/mol. The molecule has 0 spiro atoms. The molecule has 18 heavy (non-hydrogen) atoms. The molecule has 0 radical (unpaired) electrons. The topological polar surface area (TPSA) is 15.3 Å². The normalized spacial score (nSPS) is 20.2. The Hall–Kier alpha value is -1.09. The van der Waals surface area contributed by atoms with Crippen LogP contribution in [0.15, 0.2) is 18.2 Å². The highest BCUT2D eigenvalue weighted by Crippen LogP contribution is 2.26. The van der Waals surface area contributed by atoms with Crippen molar-refractivity contribution < 1.29 is 4.39 Å². The van der Waals surface area contributed by atoms with Crippen molar-refractivity contribution >= 4 is 5.69 Å². The van der Waals surface area contributed by atoms with Gasteiger partial charge < -0.3 is 10.2 Å². The van der Waals surface area contributed by atoms with Crippen LogP contribution in [-0.4, -0.2) is 20.1 Å². The van der Waals surface area contributed by atoms with Crippen LogP contribution in [-0.2, 0) is 6.54 Å². The molecule has 1 atom stereocenters. The Morgan fingerprint density at radius 2 is 2.22 bits per heavy atom. The van der Waals surface area contributed by atoms with Gasteiger partial charge >= 0.3 is 0 Å². The van der Waals surface area contributed by atoms with E-state index in [9.17, 15) is 4.39 Å². The van der Waals surface area contributed by atoms with Crippen molar-refractivity contribution in [1.82, 2.24) is 5.32 Å². The van der Waals surface area contributed by atoms with Gasteiger partial charge in [0.2, 0.25) is 0 Å². The summed E-state index contributed by atoms with van der Waals surface area (Å²) in [4.78, 5) is 2.33. The van der Waals surface area contributed by atoms with Crippen molar-refractivity contribution in [2.45, 2.75) is 32.7 Å². The van der Waals surface area contributed by atoms with E-state index in [0.717, 1.165) is 36.8 Å². The fraction of sp³-hybridized carbons (Fsp3) is 0.600. The first-order chi connectivity index (χ1) is 8.72. The highest BCUT2D eigenvalue weighted by Gasteiger charge is 2.19. The van der Waals surface area contributed by atoms with E-state index < -0.39 is 0 Å². The number of rotatable bonds is 4. The molecule has 0 aliphatic carbocycles. The van der Waals surface area contributed by atoms with E-state index in [1.165, 1.54) is 19.3 Å². The first kappa shape index (κ1) is 13.3. The average molecular weight is 250 g/mol. The number of nitrogens with zero attached hydrogens (tertiary/aromatic N) is 1. The van der Waals surface area contributed by atoms with E-state index in [4.69, 9.17) is 0 Å². The first-order valence-corrected chi connectivity index (χ1v) is 6.92. The standard InChI is InChI=1S/C15H23FN2/c1-3-12-5-4-6-18(11-12)15-8-13(10-17-2)7-14(16)9-15/h7-9,12,17H,3-6,10-11H2,1-2H3. The quantitative estimate of drug-likeness (QED) is 0.883. The highest BCUT2D eigenvalue weighted by molar-refractivity contribution is 5.49. The summed E-state index contributed by atoms with van der Waals surface area (Å²) in [6.07, 6.45) is 3.75. The van der Waals surface area contributed by atoms with Crippen molar-refractivity contribution in [1.29, 1.82) is 0 Å². The van der Waals surface area contributed by atoms with Gasteiger partial charge in [0.1, 0.15) is 5.82 Å². The van der Waals surface area contributed by atoms with Gasteiger partial charge in [-0.05, 0) is 49.6 Å². The summed E-state index contributed by atoms with van der Waals surface area (Å²) in [5.41, 5.74) is 2.06. The molecule has 1 aromatic carbocycles. The van der Waals surface area contributed by atoms with Gasteiger partial charge in [0.15, 0.2) is 0 Å². The molecule has 0 saturated carbocycles. The Morgan fingerprint density at radius 1 is 1.39 bits per heavy atom. The molecule has 2 nitrogen and oxygen atoms in total. The lowest BCUT2D eigenvalue weighted by Gasteiger charge is -2.34. The fourth-order valence-corrected chi connectivity index (χ4v) is 2.75. The van der Waals surface area contributed by atoms with Gasteiger partial charge in [-0.15, -0.1) is 0 Å². The molecule has 100 valence electrons. The lowest BCUT2D eigenvalue weighted by molar-refractivity contribution is 0.404. The van der Waals surface area contributed by atoms with Crippen molar-refractivity contribution in [2.75, 3.05) is 25.0 Å². The predicted octanol–water partition coefficient (Wildman–Crippen LogP) is 3.17. The molecule has 0 amide bonds. The Balaban J connectivity index is 2.16. The maximum absolute atomic E-state index is 13.6. The lowest BCUT2D eigenvalue weighted by Crippen LogP contribution is -2.35. The molecule has 1 fully saturated rings. The summed E-state index contributed by atoms with van der Waals surface area (Å²) >= 11 is 0. The average Bonchev–Trinajstić information content (AvgIpc) is 2.38. The predicted molar refractivity (Wildman–Crippen MR) is 74.4 cm³/mol. The van der Waals surface area contributed by atoms with Gasteiger partial charge in [-0.2, -0.15) is 0 Å². The SMILES string of the molecule is CCC1CCCN(c2cc(F)cc(CNC)c2)C1. The molecule has 1 aromatic rings. The first-order valence-electron chi connectivity index (χ1n) is 6.92. The van der Waals surface area contributed by atoms with Crippen LogP contribution in [0.5, 0.6) is 0 Å². The minimum absolute atomic E-state index is 0.128. The summed E-state index contributed by atoms with van der Waals surface area (Å²) in [5.74, 6) is 0.631. The van der Waals surface area contributed by atoms with Gasteiger partial charge in [-0.25, -0.2) is 4.39 Å². The van der Waals surface area contributed by atoms with Gasteiger partial charge in [0.05, 0.1) is 0 Å². The summed E-state index contributed by atoms with van der Waals surface area (Å²) in [5, 5.41) is 3.08. The highest BCUT2D eigenvalue weighted by atomic mass is 19.1. The smallest absolute Gasteiger partial charge is 0.125 e. The van der Waals surface area contributed by atoms with E-state index in [0.29, 0.717) is 0 Å². The fourth-order valence-electron chi connectivity index (χ4n) is 2.75. The Kier molecular flexibility index (Phi) is 4.59. The molecule has 1 aliphatic heterocycles. The number of piperidine rings is 1. The van der Waals surface area contributed by atoms with Crippen molar-refractivity contribution in [2.24, 2.45) is 5.92 Å². The number of hydrogen-bond donors (Lipinski definition) is 1. The second-order valence-corrected chi connectivity index (χ2v) is 5.21. The second kappa shape index (κ2) is 6.19. The van der Waals surface area contributed by atoms with Gasteiger partial charge in [-0.3, -0.25) is 0 Å². The third-order valence-corrected chi connectivity index (χ3v) is 3.78. The number of halogens is 1. The van der Waals surface area contributed by atoms with E-state index in [2.05, 4.69) is 23.2 Å². The molecule has 0 aromatic heterocycles. The molecule has 1 unspecified atom stereocenters. The summed E-state index contributed by atoms with van der Waals surface area (Å²) in [6, 6.07) is 5.38.